The summed E-state index contributed by atoms with van der Waals surface area (Å²) in [5, 5.41) is 18.1. The van der Waals surface area contributed by atoms with Crippen LogP contribution in [0.15, 0.2) is 18.2 Å². The molecule has 1 aromatic carbocycles. The van der Waals surface area contributed by atoms with Crippen molar-refractivity contribution in [3.05, 3.63) is 35.4 Å². The molecule has 0 aliphatic rings. The molecule has 15 heavy (non-hydrogen) atoms. The van der Waals surface area contributed by atoms with E-state index in [-0.39, 0.29) is 12.2 Å². The van der Waals surface area contributed by atoms with Crippen LogP contribution in [0.1, 0.15) is 30.9 Å². The summed E-state index contributed by atoms with van der Waals surface area (Å²) in [6.45, 7) is 0.0542. The second-order valence-electron chi connectivity index (χ2n) is 3.40. The molecule has 0 aliphatic carbocycles. The van der Waals surface area contributed by atoms with Gasteiger partial charge in [0.15, 0.2) is 0 Å². The first-order chi connectivity index (χ1) is 7.15. The van der Waals surface area contributed by atoms with Crippen molar-refractivity contribution in [2.45, 2.75) is 25.4 Å². The molecule has 84 valence electrons. The van der Waals surface area contributed by atoms with Crippen molar-refractivity contribution in [3.8, 4) is 0 Å². The average Bonchev–Trinajstić information content (AvgIpc) is 2.17. The molecule has 0 bridgehead atoms. The Labute approximate surface area is 87.2 Å². The van der Waals surface area contributed by atoms with Gasteiger partial charge in [-0.2, -0.15) is 0 Å². The molecule has 1 unspecified atom stereocenters. The zero-order chi connectivity index (χ0) is 11.3. The second-order valence-corrected chi connectivity index (χ2v) is 3.40. The van der Waals surface area contributed by atoms with Gasteiger partial charge in [0, 0.05) is 18.2 Å². The highest BCUT2D eigenvalue weighted by atomic mass is 19.1. The minimum atomic E-state index is -0.933. The van der Waals surface area contributed by atoms with E-state index in [0.717, 1.165) is 12.1 Å². The van der Waals surface area contributed by atoms with Gasteiger partial charge in [0.25, 0.3) is 0 Å². The molecule has 1 rings (SSSR count). The Morgan fingerprint density at radius 1 is 1.20 bits per heavy atom. The van der Waals surface area contributed by atoms with Gasteiger partial charge in [-0.25, -0.2) is 8.78 Å². The van der Waals surface area contributed by atoms with Crippen LogP contribution in [0.3, 0.4) is 0 Å². The molecule has 1 aromatic rings. The highest BCUT2D eigenvalue weighted by molar-refractivity contribution is 5.20. The minimum Gasteiger partial charge on any atom is -0.396 e. The van der Waals surface area contributed by atoms with Crippen LogP contribution < -0.4 is 0 Å². The van der Waals surface area contributed by atoms with Crippen LogP contribution >= 0.6 is 0 Å². The third-order valence-corrected chi connectivity index (χ3v) is 2.21. The van der Waals surface area contributed by atoms with Gasteiger partial charge in [-0.1, -0.05) is 6.07 Å². The van der Waals surface area contributed by atoms with E-state index in [1.54, 1.807) is 0 Å². The standard InChI is InChI=1S/C11H14F2O2/c12-8-4-5-9(10(13)7-8)11(15)3-1-2-6-14/h4-5,7,11,14-15H,1-3,6H2. The zero-order valence-electron chi connectivity index (χ0n) is 8.29. The van der Waals surface area contributed by atoms with Crippen molar-refractivity contribution in [3.63, 3.8) is 0 Å². The fourth-order valence-electron chi connectivity index (χ4n) is 1.38. The number of hydrogen-bond donors (Lipinski definition) is 2. The van der Waals surface area contributed by atoms with Crippen LogP contribution in [0, 0.1) is 11.6 Å². The fraction of sp³-hybridized carbons (Fsp3) is 0.455. The van der Waals surface area contributed by atoms with Gasteiger partial charge >= 0.3 is 0 Å². The van der Waals surface area contributed by atoms with Crippen LogP contribution in [0.5, 0.6) is 0 Å². The first kappa shape index (κ1) is 12.1. The number of unbranched alkanes of at least 4 members (excludes halogenated alkanes) is 1. The van der Waals surface area contributed by atoms with Crippen LogP contribution in [0.4, 0.5) is 8.78 Å². The van der Waals surface area contributed by atoms with Gasteiger partial charge < -0.3 is 10.2 Å². The van der Waals surface area contributed by atoms with Crippen molar-refractivity contribution in [1.29, 1.82) is 0 Å². The maximum Gasteiger partial charge on any atom is 0.131 e. The lowest BCUT2D eigenvalue weighted by Crippen LogP contribution is -2.01. The third-order valence-electron chi connectivity index (χ3n) is 2.21. The number of aliphatic hydroxyl groups excluding tert-OH is 2. The van der Waals surface area contributed by atoms with Gasteiger partial charge in [0.2, 0.25) is 0 Å². The Kier molecular flexibility index (Phi) is 4.65. The van der Waals surface area contributed by atoms with Crippen LogP contribution in [-0.2, 0) is 0 Å². The summed E-state index contributed by atoms with van der Waals surface area (Å²) < 4.78 is 25.7. The topological polar surface area (TPSA) is 40.5 Å². The van der Waals surface area contributed by atoms with E-state index < -0.39 is 17.7 Å². The average molecular weight is 216 g/mol. The van der Waals surface area contributed by atoms with Gasteiger partial charge in [-0.05, 0) is 25.3 Å². The molecule has 0 saturated carbocycles. The summed E-state index contributed by atoms with van der Waals surface area (Å²) in [6, 6.07) is 3.12. The van der Waals surface area contributed by atoms with Crippen molar-refractivity contribution < 1.29 is 19.0 Å². The molecule has 0 heterocycles. The molecule has 0 saturated heterocycles. The summed E-state index contributed by atoms with van der Waals surface area (Å²) in [5.41, 5.74) is 0.106. The summed E-state index contributed by atoms with van der Waals surface area (Å²) in [6.07, 6.45) is 0.606. The maximum absolute atomic E-state index is 13.2. The summed E-state index contributed by atoms with van der Waals surface area (Å²) in [5.74, 6) is -1.38. The van der Waals surface area contributed by atoms with Gasteiger partial charge in [-0.15, -0.1) is 0 Å². The number of aliphatic hydroxyl groups is 2. The lowest BCUT2D eigenvalue weighted by Gasteiger charge is -2.11. The van der Waals surface area contributed by atoms with E-state index in [0.29, 0.717) is 19.3 Å². The van der Waals surface area contributed by atoms with Crippen LogP contribution in [0.25, 0.3) is 0 Å². The van der Waals surface area contributed by atoms with E-state index >= 15 is 0 Å². The monoisotopic (exact) mass is 216 g/mol. The van der Waals surface area contributed by atoms with E-state index in [9.17, 15) is 13.9 Å². The first-order valence-corrected chi connectivity index (χ1v) is 4.89. The van der Waals surface area contributed by atoms with Gasteiger partial charge in [-0.3, -0.25) is 0 Å². The zero-order valence-corrected chi connectivity index (χ0v) is 8.29. The Morgan fingerprint density at radius 2 is 1.93 bits per heavy atom. The highest BCUT2D eigenvalue weighted by Gasteiger charge is 2.12. The molecule has 2 nitrogen and oxygen atoms in total. The Hall–Kier alpha value is -1.00. The van der Waals surface area contributed by atoms with Crippen LogP contribution in [-0.4, -0.2) is 16.8 Å². The molecule has 1 atom stereocenters. The normalized spacial score (nSPS) is 12.8. The number of halogens is 2. The molecule has 0 spiro atoms. The van der Waals surface area contributed by atoms with Crippen molar-refractivity contribution in [2.24, 2.45) is 0 Å². The van der Waals surface area contributed by atoms with E-state index in [2.05, 4.69) is 0 Å². The predicted octanol–water partition coefficient (Wildman–Crippen LogP) is 2.16. The fourth-order valence-corrected chi connectivity index (χ4v) is 1.38. The highest BCUT2D eigenvalue weighted by Crippen LogP contribution is 2.22. The quantitative estimate of drug-likeness (QED) is 0.740. The molecular formula is C11H14F2O2. The summed E-state index contributed by atoms with van der Waals surface area (Å²) >= 11 is 0. The van der Waals surface area contributed by atoms with Gasteiger partial charge in [0.05, 0.1) is 6.10 Å². The largest absolute Gasteiger partial charge is 0.396 e. The molecule has 0 radical (unpaired) electrons. The number of hydrogen-bond acceptors (Lipinski definition) is 2. The van der Waals surface area contributed by atoms with Crippen LogP contribution in [0.2, 0.25) is 0 Å². The van der Waals surface area contributed by atoms with Crippen molar-refractivity contribution in [2.75, 3.05) is 6.61 Å². The SMILES string of the molecule is OCCCCC(O)c1ccc(F)cc1F. The molecule has 0 aliphatic heterocycles. The molecular weight excluding hydrogens is 202 g/mol. The van der Waals surface area contributed by atoms with E-state index in [1.807, 2.05) is 0 Å². The molecule has 0 amide bonds. The Morgan fingerprint density at radius 3 is 2.53 bits per heavy atom. The third kappa shape index (κ3) is 3.57. The first-order valence-electron chi connectivity index (χ1n) is 4.89. The van der Waals surface area contributed by atoms with E-state index in [1.165, 1.54) is 6.07 Å². The lowest BCUT2D eigenvalue weighted by atomic mass is 10.0. The molecule has 2 N–H and O–H groups in total. The van der Waals surface area contributed by atoms with Crippen molar-refractivity contribution in [1.82, 2.24) is 0 Å². The Bertz CT molecular complexity index is 315. The predicted molar refractivity (Wildman–Crippen MR) is 52.3 cm³/mol. The number of rotatable bonds is 5. The second kappa shape index (κ2) is 5.78. The summed E-state index contributed by atoms with van der Waals surface area (Å²) in [4.78, 5) is 0. The van der Waals surface area contributed by atoms with E-state index in [4.69, 9.17) is 5.11 Å². The van der Waals surface area contributed by atoms with Gasteiger partial charge in [0.1, 0.15) is 11.6 Å². The minimum absolute atomic E-state index is 0.0542. The Balaban J connectivity index is 2.61. The molecule has 0 aromatic heterocycles. The summed E-state index contributed by atoms with van der Waals surface area (Å²) in [7, 11) is 0. The van der Waals surface area contributed by atoms with Crippen molar-refractivity contribution >= 4 is 0 Å². The maximum atomic E-state index is 13.2. The smallest absolute Gasteiger partial charge is 0.131 e. The molecule has 4 heteroatoms. The lowest BCUT2D eigenvalue weighted by molar-refractivity contribution is 0.155. The number of benzene rings is 1. The molecule has 0 fully saturated rings.